The number of rotatable bonds is 3. The van der Waals surface area contributed by atoms with Crippen molar-refractivity contribution in [1.29, 1.82) is 0 Å². The van der Waals surface area contributed by atoms with Crippen LogP contribution in [-0.4, -0.2) is 24.0 Å². The predicted octanol–water partition coefficient (Wildman–Crippen LogP) is -0.0477. The molecule has 0 atom stereocenters. The lowest BCUT2D eigenvalue weighted by Gasteiger charge is -2.04. The zero-order valence-corrected chi connectivity index (χ0v) is 7.29. The summed E-state index contributed by atoms with van der Waals surface area (Å²) < 4.78 is 0. The average Bonchev–Trinajstić information content (AvgIpc) is 2.15. The third kappa shape index (κ3) is 2.52. The molecule has 1 aromatic rings. The summed E-state index contributed by atoms with van der Waals surface area (Å²) in [6.45, 7) is 4.57. The molecule has 0 saturated heterocycles. The molecule has 1 radical (unpaired) electrons. The Hall–Kier alpha value is -1.42. The normalized spacial score (nSPS) is 9.69. The van der Waals surface area contributed by atoms with Crippen LogP contribution in [0.4, 0.5) is 0 Å². The highest BCUT2D eigenvalue weighted by atomic mass is 16.1. The lowest BCUT2D eigenvalue weighted by Crippen LogP contribution is -2.30. The average molecular weight is 178 g/mol. The van der Waals surface area contributed by atoms with Crippen LogP contribution in [0, 0.1) is 6.92 Å². The topological polar surface area (TPSA) is 68.0 Å². The van der Waals surface area contributed by atoms with Gasteiger partial charge in [0.15, 0.2) is 0 Å². The number of nitrogens with one attached hydrogen (secondary N) is 1. The maximum atomic E-state index is 11.4. The Morgan fingerprint density at radius 1 is 1.69 bits per heavy atom. The Labute approximate surface area is 77.2 Å². The maximum Gasteiger partial charge on any atom is 0.270 e. The van der Waals surface area contributed by atoms with Crippen LogP contribution in [-0.2, 0) is 0 Å². The largest absolute Gasteiger partial charge is 0.349 e. The zero-order valence-electron chi connectivity index (χ0n) is 7.29. The van der Waals surface area contributed by atoms with E-state index in [4.69, 9.17) is 5.73 Å². The first-order valence-electron chi connectivity index (χ1n) is 4.01. The molecule has 0 aliphatic carbocycles. The highest BCUT2D eigenvalue weighted by molar-refractivity contribution is 5.93. The van der Waals surface area contributed by atoms with Crippen molar-refractivity contribution < 1.29 is 4.79 Å². The second kappa shape index (κ2) is 4.57. The molecule has 3 N–H and O–H groups in total. The van der Waals surface area contributed by atoms with Gasteiger partial charge in [-0.2, -0.15) is 0 Å². The number of pyridine rings is 1. The number of hydrogen-bond donors (Lipinski definition) is 2. The first-order chi connectivity index (χ1) is 6.25. The van der Waals surface area contributed by atoms with Crippen molar-refractivity contribution in [3.63, 3.8) is 0 Å². The molecule has 4 heteroatoms. The number of carbonyl (C=O) groups excluding carboxylic acids is 1. The molecule has 1 aromatic heterocycles. The van der Waals surface area contributed by atoms with E-state index < -0.39 is 0 Å². The van der Waals surface area contributed by atoms with E-state index in [0.29, 0.717) is 24.3 Å². The SMILES string of the molecule is [CH2]c1cccnc1C(=O)NCCN. The standard InChI is InChI=1S/C9H12N3O/c1-7-3-2-5-11-8(7)9(13)12-6-4-10/h2-3,5H,1,4,6,10H2,(H,12,13). The fourth-order valence-electron chi connectivity index (χ4n) is 0.912. The minimum absolute atomic E-state index is 0.226. The smallest absolute Gasteiger partial charge is 0.270 e. The van der Waals surface area contributed by atoms with Gasteiger partial charge in [0.1, 0.15) is 5.69 Å². The summed E-state index contributed by atoms with van der Waals surface area (Å²) in [6, 6.07) is 3.48. The zero-order chi connectivity index (χ0) is 9.68. The van der Waals surface area contributed by atoms with Gasteiger partial charge in [0, 0.05) is 19.3 Å². The minimum atomic E-state index is -0.226. The fraction of sp³-hybridized carbons (Fsp3) is 0.222. The number of nitrogens with zero attached hydrogens (tertiary/aromatic N) is 1. The van der Waals surface area contributed by atoms with Crippen LogP contribution < -0.4 is 11.1 Å². The summed E-state index contributed by atoms with van der Waals surface area (Å²) in [5.74, 6) is -0.226. The first kappa shape index (κ1) is 9.67. The van der Waals surface area contributed by atoms with Crippen LogP contribution in [0.1, 0.15) is 16.1 Å². The summed E-state index contributed by atoms with van der Waals surface area (Å²) in [4.78, 5) is 15.3. The van der Waals surface area contributed by atoms with Crippen molar-refractivity contribution in [2.24, 2.45) is 5.73 Å². The second-order valence-electron chi connectivity index (χ2n) is 2.56. The van der Waals surface area contributed by atoms with Gasteiger partial charge in [0.05, 0.1) is 0 Å². The predicted molar refractivity (Wildman–Crippen MR) is 50.1 cm³/mol. The molecule has 0 saturated carbocycles. The lowest BCUT2D eigenvalue weighted by atomic mass is 10.2. The van der Waals surface area contributed by atoms with Gasteiger partial charge < -0.3 is 11.1 Å². The lowest BCUT2D eigenvalue weighted by molar-refractivity contribution is 0.0949. The first-order valence-corrected chi connectivity index (χ1v) is 4.01. The molecule has 1 heterocycles. The van der Waals surface area contributed by atoms with E-state index in [1.807, 2.05) is 0 Å². The van der Waals surface area contributed by atoms with Gasteiger partial charge in [0.2, 0.25) is 0 Å². The van der Waals surface area contributed by atoms with Gasteiger partial charge in [0.25, 0.3) is 5.91 Å². The Kier molecular flexibility index (Phi) is 3.40. The third-order valence-corrected chi connectivity index (χ3v) is 1.54. The van der Waals surface area contributed by atoms with Crippen LogP contribution in [0.25, 0.3) is 0 Å². The van der Waals surface area contributed by atoms with Crippen molar-refractivity contribution in [1.82, 2.24) is 10.3 Å². The fourth-order valence-corrected chi connectivity index (χ4v) is 0.912. The van der Waals surface area contributed by atoms with Gasteiger partial charge in [-0.15, -0.1) is 0 Å². The van der Waals surface area contributed by atoms with Crippen molar-refractivity contribution in [3.05, 3.63) is 36.5 Å². The van der Waals surface area contributed by atoms with E-state index >= 15 is 0 Å². The van der Waals surface area contributed by atoms with Crippen LogP contribution >= 0.6 is 0 Å². The van der Waals surface area contributed by atoms with E-state index in [1.165, 1.54) is 0 Å². The quantitative estimate of drug-likeness (QED) is 0.682. The molecule has 0 unspecified atom stereocenters. The second-order valence-corrected chi connectivity index (χ2v) is 2.56. The Balaban J connectivity index is 2.71. The molecule has 0 fully saturated rings. The summed E-state index contributed by atoms with van der Waals surface area (Å²) in [7, 11) is 0. The van der Waals surface area contributed by atoms with Crippen LogP contribution in [0.5, 0.6) is 0 Å². The number of nitrogens with two attached hydrogens (primary N) is 1. The van der Waals surface area contributed by atoms with Gasteiger partial charge in [-0.05, 0) is 18.6 Å². The Morgan fingerprint density at radius 2 is 2.46 bits per heavy atom. The van der Waals surface area contributed by atoms with Crippen molar-refractivity contribution >= 4 is 5.91 Å². The van der Waals surface area contributed by atoms with Crippen LogP contribution in [0.2, 0.25) is 0 Å². The highest BCUT2D eigenvalue weighted by Crippen LogP contribution is 2.01. The highest BCUT2D eigenvalue weighted by Gasteiger charge is 2.07. The van der Waals surface area contributed by atoms with Crippen LogP contribution in [0.3, 0.4) is 0 Å². The molecule has 13 heavy (non-hydrogen) atoms. The van der Waals surface area contributed by atoms with Gasteiger partial charge >= 0.3 is 0 Å². The van der Waals surface area contributed by atoms with E-state index in [-0.39, 0.29) is 5.91 Å². The van der Waals surface area contributed by atoms with Gasteiger partial charge in [-0.3, -0.25) is 9.78 Å². The molecule has 1 rings (SSSR count). The van der Waals surface area contributed by atoms with E-state index in [1.54, 1.807) is 18.3 Å². The van der Waals surface area contributed by atoms with Crippen molar-refractivity contribution in [2.45, 2.75) is 0 Å². The monoisotopic (exact) mass is 178 g/mol. The molecule has 0 aliphatic heterocycles. The maximum absolute atomic E-state index is 11.4. The van der Waals surface area contributed by atoms with E-state index in [2.05, 4.69) is 17.2 Å². The molecule has 1 amide bonds. The summed E-state index contributed by atoms with van der Waals surface area (Å²) in [6.07, 6.45) is 1.56. The number of hydrogen-bond acceptors (Lipinski definition) is 3. The number of aromatic nitrogens is 1. The molecule has 0 aromatic carbocycles. The van der Waals surface area contributed by atoms with Gasteiger partial charge in [-0.1, -0.05) is 6.07 Å². The minimum Gasteiger partial charge on any atom is -0.349 e. The van der Waals surface area contributed by atoms with Gasteiger partial charge in [-0.25, -0.2) is 0 Å². The Morgan fingerprint density at radius 3 is 3.08 bits per heavy atom. The molecular formula is C9H12N3O. The van der Waals surface area contributed by atoms with Crippen molar-refractivity contribution in [2.75, 3.05) is 13.1 Å². The van der Waals surface area contributed by atoms with Crippen LogP contribution in [0.15, 0.2) is 18.3 Å². The molecule has 0 spiro atoms. The molecule has 4 nitrogen and oxygen atoms in total. The number of amides is 1. The molecule has 0 aliphatic rings. The Bertz CT molecular complexity index is 299. The van der Waals surface area contributed by atoms with Crippen molar-refractivity contribution in [3.8, 4) is 0 Å². The molecule has 0 bridgehead atoms. The molecule has 69 valence electrons. The van der Waals surface area contributed by atoms with E-state index in [0.717, 1.165) is 0 Å². The summed E-state index contributed by atoms with van der Waals surface area (Å²) in [5.41, 5.74) is 6.22. The third-order valence-electron chi connectivity index (χ3n) is 1.54. The number of carbonyl (C=O) groups is 1. The summed E-state index contributed by atoms with van der Waals surface area (Å²) in [5, 5.41) is 2.62. The summed E-state index contributed by atoms with van der Waals surface area (Å²) >= 11 is 0. The molecular weight excluding hydrogens is 166 g/mol. The van der Waals surface area contributed by atoms with E-state index in [9.17, 15) is 4.79 Å².